The first-order valence-electron chi connectivity index (χ1n) is 9.39. The highest BCUT2D eigenvalue weighted by Crippen LogP contribution is 2.25. The van der Waals surface area contributed by atoms with Crippen LogP contribution in [-0.2, 0) is 34.5 Å². The Hall–Kier alpha value is -2.85. The number of hydrogen-bond donors (Lipinski definition) is 1. The minimum Gasteiger partial charge on any atom is -0.467 e. The number of thiazole rings is 1. The molecule has 31 heavy (non-hydrogen) atoms. The Kier molecular flexibility index (Phi) is 6.57. The Bertz CT molecular complexity index is 1240. The number of nitrogens with one attached hydrogen (secondary N) is 1. The molecule has 0 fully saturated rings. The fourth-order valence-electron chi connectivity index (χ4n) is 2.85. The molecule has 9 heteroatoms. The average Bonchev–Trinajstić information content (AvgIpc) is 3.46. The molecule has 0 unspecified atom stereocenters. The topological polar surface area (TPSA) is 81.4 Å². The number of rotatable bonds is 9. The number of hydrogen-bond acceptors (Lipinski definition) is 6. The SMILES string of the molecule is O=S(=O)(NCc1cccc(COCc2ccco2)c1)c1csc(-c2ccc(F)cc2)n1. The monoisotopic (exact) mass is 458 g/mol. The van der Waals surface area contributed by atoms with Crippen molar-refractivity contribution < 1.29 is 22.0 Å². The molecule has 0 aliphatic carbocycles. The molecule has 0 aliphatic rings. The summed E-state index contributed by atoms with van der Waals surface area (Å²) in [6, 6.07) is 16.9. The third-order valence-electron chi connectivity index (χ3n) is 4.40. The average molecular weight is 459 g/mol. The summed E-state index contributed by atoms with van der Waals surface area (Å²) < 4.78 is 51.8. The zero-order chi connectivity index (χ0) is 21.7. The van der Waals surface area contributed by atoms with Gasteiger partial charge in [-0.3, -0.25) is 0 Å². The Morgan fingerprint density at radius 3 is 2.61 bits per heavy atom. The summed E-state index contributed by atoms with van der Waals surface area (Å²) >= 11 is 1.19. The first-order chi connectivity index (χ1) is 15.0. The molecule has 4 aromatic rings. The van der Waals surface area contributed by atoms with E-state index in [9.17, 15) is 12.8 Å². The Balaban J connectivity index is 1.36. The Labute approximate surface area is 183 Å². The van der Waals surface area contributed by atoms with Gasteiger partial charge in [-0.2, -0.15) is 0 Å². The van der Waals surface area contributed by atoms with Crippen molar-refractivity contribution in [1.82, 2.24) is 9.71 Å². The largest absolute Gasteiger partial charge is 0.467 e. The minimum atomic E-state index is -3.78. The Morgan fingerprint density at radius 2 is 1.84 bits per heavy atom. The molecule has 160 valence electrons. The van der Waals surface area contributed by atoms with E-state index in [1.165, 1.54) is 28.8 Å². The maximum Gasteiger partial charge on any atom is 0.259 e. The van der Waals surface area contributed by atoms with Crippen molar-refractivity contribution in [3.63, 3.8) is 0 Å². The van der Waals surface area contributed by atoms with Crippen LogP contribution >= 0.6 is 11.3 Å². The van der Waals surface area contributed by atoms with E-state index >= 15 is 0 Å². The molecule has 0 radical (unpaired) electrons. The first kappa shape index (κ1) is 21.4. The Morgan fingerprint density at radius 1 is 1.03 bits per heavy atom. The van der Waals surface area contributed by atoms with Crippen molar-refractivity contribution in [2.75, 3.05) is 0 Å². The van der Waals surface area contributed by atoms with Gasteiger partial charge in [-0.15, -0.1) is 11.3 Å². The molecule has 2 aromatic heterocycles. The van der Waals surface area contributed by atoms with Gasteiger partial charge in [0.25, 0.3) is 10.0 Å². The van der Waals surface area contributed by atoms with Gasteiger partial charge in [-0.1, -0.05) is 24.3 Å². The summed E-state index contributed by atoms with van der Waals surface area (Å²) in [5.41, 5.74) is 2.39. The zero-order valence-electron chi connectivity index (χ0n) is 16.3. The molecule has 0 saturated carbocycles. The van der Waals surface area contributed by atoms with E-state index in [1.54, 1.807) is 24.5 Å². The highest BCUT2D eigenvalue weighted by atomic mass is 32.2. The van der Waals surface area contributed by atoms with Crippen LogP contribution in [-0.4, -0.2) is 13.4 Å². The lowest BCUT2D eigenvalue weighted by Crippen LogP contribution is -2.23. The highest BCUT2D eigenvalue weighted by Gasteiger charge is 2.18. The van der Waals surface area contributed by atoms with Crippen LogP contribution in [0.25, 0.3) is 10.6 Å². The number of nitrogens with zero attached hydrogens (tertiary/aromatic N) is 1. The summed E-state index contributed by atoms with van der Waals surface area (Å²) in [4.78, 5) is 4.19. The smallest absolute Gasteiger partial charge is 0.259 e. The molecule has 0 aliphatic heterocycles. The molecule has 0 spiro atoms. The van der Waals surface area contributed by atoms with E-state index in [4.69, 9.17) is 9.15 Å². The van der Waals surface area contributed by atoms with Gasteiger partial charge in [0.1, 0.15) is 23.2 Å². The molecule has 2 aromatic carbocycles. The summed E-state index contributed by atoms with van der Waals surface area (Å²) in [5, 5.41) is 1.92. The van der Waals surface area contributed by atoms with Crippen molar-refractivity contribution in [2.24, 2.45) is 0 Å². The predicted octanol–water partition coefficient (Wildman–Crippen LogP) is 4.74. The molecular weight excluding hydrogens is 439 g/mol. The fraction of sp³-hybridized carbons (Fsp3) is 0.136. The van der Waals surface area contributed by atoms with Crippen LogP contribution in [0.2, 0.25) is 0 Å². The standard InChI is InChI=1S/C22H19FN2O4S2/c23-19-8-6-18(7-9-19)22-25-21(15-30-22)31(26,27)24-12-16-3-1-4-17(11-16)13-28-14-20-5-2-10-29-20/h1-11,15,24H,12-14H2. The van der Waals surface area contributed by atoms with E-state index in [2.05, 4.69) is 9.71 Å². The van der Waals surface area contributed by atoms with Gasteiger partial charge >= 0.3 is 0 Å². The van der Waals surface area contributed by atoms with E-state index in [1.807, 2.05) is 30.3 Å². The predicted molar refractivity (Wildman–Crippen MR) is 115 cm³/mol. The molecule has 4 rings (SSSR count). The first-order valence-corrected chi connectivity index (χ1v) is 11.7. The lowest BCUT2D eigenvalue weighted by atomic mass is 10.1. The van der Waals surface area contributed by atoms with E-state index < -0.39 is 10.0 Å². The van der Waals surface area contributed by atoms with Gasteiger partial charge in [0, 0.05) is 17.5 Å². The van der Waals surface area contributed by atoms with E-state index in [-0.39, 0.29) is 17.4 Å². The number of furan rings is 1. The summed E-state index contributed by atoms with van der Waals surface area (Å²) in [5.74, 6) is 0.385. The summed E-state index contributed by atoms with van der Waals surface area (Å²) in [6.45, 7) is 0.871. The molecule has 1 N–H and O–H groups in total. The van der Waals surface area contributed by atoms with Crippen LogP contribution in [0.5, 0.6) is 0 Å². The molecule has 0 saturated heterocycles. The third-order valence-corrected chi connectivity index (χ3v) is 6.73. The van der Waals surface area contributed by atoms with E-state index in [0.717, 1.165) is 16.9 Å². The zero-order valence-corrected chi connectivity index (χ0v) is 18.0. The number of halogens is 1. The highest BCUT2D eigenvalue weighted by molar-refractivity contribution is 7.89. The minimum absolute atomic E-state index is 0.0604. The molecule has 0 bridgehead atoms. The fourth-order valence-corrected chi connectivity index (χ4v) is 4.97. The lowest BCUT2D eigenvalue weighted by molar-refractivity contribution is 0.0929. The van der Waals surface area contributed by atoms with E-state index in [0.29, 0.717) is 23.8 Å². The van der Waals surface area contributed by atoms with Crippen molar-refractivity contribution in [3.8, 4) is 10.6 Å². The molecular formula is C22H19FN2O4S2. The van der Waals surface area contributed by atoms with Gasteiger partial charge < -0.3 is 9.15 Å². The molecule has 0 amide bonds. The van der Waals surface area contributed by atoms with Gasteiger partial charge in [0.15, 0.2) is 5.03 Å². The van der Waals surface area contributed by atoms with Crippen molar-refractivity contribution in [2.45, 2.75) is 24.8 Å². The van der Waals surface area contributed by atoms with Gasteiger partial charge in [-0.25, -0.2) is 22.5 Å². The molecule has 0 atom stereocenters. The van der Waals surface area contributed by atoms with Crippen molar-refractivity contribution in [3.05, 3.63) is 95.0 Å². The van der Waals surface area contributed by atoms with Crippen LogP contribution in [0.3, 0.4) is 0 Å². The lowest BCUT2D eigenvalue weighted by Gasteiger charge is -2.07. The van der Waals surface area contributed by atoms with Crippen LogP contribution < -0.4 is 4.72 Å². The molecule has 2 heterocycles. The van der Waals surface area contributed by atoms with Gasteiger partial charge in [0.2, 0.25) is 0 Å². The summed E-state index contributed by atoms with van der Waals surface area (Å²) in [7, 11) is -3.78. The number of aromatic nitrogens is 1. The second kappa shape index (κ2) is 9.52. The van der Waals surface area contributed by atoms with Crippen LogP contribution in [0.15, 0.2) is 81.8 Å². The normalized spacial score (nSPS) is 11.6. The van der Waals surface area contributed by atoms with Crippen LogP contribution in [0.4, 0.5) is 4.39 Å². The number of ether oxygens (including phenoxy) is 1. The van der Waals surface area contributed by atoms with Crippen LogP contribution in [0, 0.1) is 5.82 Å². The third kappa shape index (κ3) is 5.65. The summed E-state index contributed by atoms with van der Waals surface area (Å²) in [6.07, 6.45) is 1.59. The van der Waals surface area contributed by atoms with Crippen molar-refractivity contribution >= 4 is 21.4 Å². The molecule has 6 nitrogen and oxygen atoms in total. The maximum atomic E-state index is 13.1. The van der Waals surface area contributed by atoms with Gasteiger partial charge in [0.05, 0.1) is 12.9 Å². The maximum absolute atomic E-state index is 13.1. The quantitative estimate of drug-likeness (QED) is 0.392. The second-order valence-electron chi connectivity index (χ2n) is 6.71. The number of sulfonamides is 1. The van der Waals surface area contributed by atoms with Crippen LogP contribution in [0.1, 0.15) is 16.9 Å². The van der Waals surface area contributed by atoms with Crippen molar-refractivity contribution in [1.29, 1.82) is 0 Å². The van der Waals surface area contributed by atoms with Gasteiger partial charge in [-0.05, 0) is 47.5 Å². The second-order valence-corrected chi connectivity index (χ2v) is 9.29. The number of benzene rings is 2.